The van der Waals surface area contributed by atoms with Crippen LogP contribution in [0.3, 0.4) is 0 Å². The van der Waals surface area contributed by atoms with Crippen molar-refractivity contribution in [2.24, 2.45) is 17.8 Å². The van der Waals surface area contributed by atoms with Gasteiger partial charge in [0, 0.05) is 31.3 Å². The van der Waals surface area contributed by atoms with Crippen molar-refractivity contribution in [3.05, 3.63) is 12.2 Å². The zero-order valence-corrected chi connectivity index (χ0v) is 21.8. The number of rotatable bonds is 10. The number of aliphatic hydroxyl groups excluding tert-OH is 2. The highest BCUT2D eigenvalue weighted by atomic mass is 16.7. The van der Waals surface area contributed by atoms with Crippen LogP contribution in [0.1, 0.15) is 67.2 Å². The first-order chi connectivity index (χ1) is 15.8. The first kappa shape index (κ1) is 27.6. The number of carbonyl (C=O) groups excluding carboxylic acids is 1. The summed E-state index contributed by atoms with van der Waals surface area (Å²) in [4.78, 5) is 11.6. The van der Waals surface area contributed by atoms with Gasteiger partial charge in [0.1, 0.15) is 5.60 Å². The highest BCUT2D eigenvalue weighted by molar-refractivity contribution is 5.72. The zero-order chi connectivity index (χ0) is 25.3. The Bertz CT molecular complexity index is 734. The van der Waals surface area contributed by atoms with Gasteiger partial charge in [-0.25, -0.2) is 0 Å². The molecule has 8 heteroatoms. The summed E-state index contributed by atoms with van der Waals surface area (Å²) in [5.41, 5.74) is -1.47. The van der Waals surface area contributed by atoms with Crippen molar-refractivity contribution in [1.29, 1.82) is 0 Å². The Morgan fingerprint density at radius 3 is 2.26 bits per heavy atom. The minimum absolute atomic E-state index is 0.0108. The molecule has 0 aliphatic carbocycles. The van der Waals surface area contributed by atoms with Crippen LogP contribution >= 0.6 is 0 Å². The second-order valence-corrected chi connectivity index (χ2v) is 11.0. The molecule has 3 aliphatic rings. The molecule has 34 heavy (non-hydrogen) atoms. The number of hydrogen-bond acceptors (Lipinski definition) is 8. The van der Waals surface area contributed by atoms with E-state index < -0.39 is 35.1 Å². The van der Waals surface area contributed by atoms with Crippen LogP contribution in [0.4, 0.5) is 0 Å². The van der Waals surface area contributed by atoms with Crippen LogP contribution in [0.25, 0.3) is 0 Å². The average Bonchev–Trinajstić information content (AvgIpc) is 3.51. The second kappa shape index (κ2) is 10.5. The lowest BCUT2D eigenvalue weighted by molar-refractivity contribution is -0.206. The van der Waals surface area contributed by atoms with Crippen LogP contribution in [0, 0.1) is 17.8 Å². The lowest BCUT2D eigenvalue weighted by Gasteiger charge is -2.38. The predicted octanol–water partition coefficient (Wildman–Crippen LogP) is 2.98. The van der Waals surface area contributed by atoms with E-state index in [-0.39, 0.29) is 30.0 Å². The lowest BCUT2D eigenvalue weighted by atomic mass is 9.83. The summed E-state index contributed by atoms with van der Waals surface area (Å²) in [5.74, 6) is -1.38. The molecule has 0 aromatic rings. The molecule has 9 atom stereocenters. The predicted molar refractivity (Wildman–Crippen MR) is 126 cm³/mol. The van der Waals surface area contributed by atoms with Gasteiger partial charge in [0.05, 0.1) is 43.2 Å². The third-order valence-corrected chi connectivity index (χ3v) is 8.41. The monoisotopic (exact) mass is 484 g/mol. The third-order valence-electron chi connectivity index (χ3n) is 8.41. The van der Waals surface area contributed by atoms with E-state index in [2.05, 4.69) is 0 Å². The molecule has 8 nitrogen and oxygen atoms in total. The number of methoxy groups -OCH3 is 1. The molecule has 3 rings (SSSR count). The molecule has 0 aromatic heterocycles. The molecule has 0 amide bonds. The molecule has 196 valence electrons. The summed E-state index contributed by atoms with van der Waals surface area (Å²) in [7, 11) is 1.67. The first-order valence-electron chi connectivity index (χ1n) is 12.6. The molecule has 0 saturated carbocycles. The fourth-order valence-electron chi connectivity index (χ4n) is 5.73. The molecule has 3 heterocycles. The standard InChI is InChI=1S/C26H44O8/c1-16(22(30-7)18(3)26(6)31-14-15-32-26)8-9-19(27)17(2)23(29)25(5)12-10-20(33-25)24(4)13-11-21(28)34-24/h8-9,16-20,22-23,27,29H,10-15H2,1-7H3/b9-8-/t16-,17+,18-,19+,20-,22+,23-,24+,25+/m1/s1. The van der Waals surface area contributed by atoms with Gasteiger partial charge >= 0.3 is 5.97 Å². The Morgan fingerprint density at radius 1 is 1.06 bits per heavy atom. The van der Waals surface area contributed by atoms with Gasteiger partial charge in [-0.1, -0.05) is 32.9 Å². The number of esters is 1. The van der Waals surface area contributed by atoms with Crippen LogP contribution in [0.5, 0.6) is 0 Å². The summed E-state index contributed by atoms with van der Waals surface area (Å²) in [6.07, 6.45) is 3.82. The molecule has 3 aliphatic heterocycles. The third kappa shape index (κ3) is 5.52. The highest BCUT2D eigenvalue weighted by Gasteiger charge is 2.53. The molecule has 0 aromatic carbocycles. The van der Waals surface area contributed by atoms with Gasteiger partial charge in [0.2, 0.25) is 0 Å². The van der Waals surface area contributed by atoms with Crippen LogP contribution in [-0.4, -0.2) is 77.9 Å². The Labute approximate surface area is 203 Å². The van der Waals surface area contributed by atoms with Gasteiger partial charge in [0.15, 0.2) is 5.79 Å². The first-order valence-corrected chi connectivity index (χ1v) is 12.6. The molecular formula is C26H44O8. The van der Waals surface area contributed by atoms with Crippen LogP contribution in [0.2, 0.25) is 0 Å². The van der Waals surface area contributed by atoms with Crippen molar-refractivity contribution < 1.29 is 38.7 Å². The largest absolute Gasteiger partial charge is 0.457 e. The van der Waals surface area contributed by atoms with Gasteiger partial charge < -0.3 is 33.9 Å². The quantitative estimate of drug-likeness (QED) is 0.360. The topological polar surface area (TPSA) is 104 Å². The Morgan fingerprint density at radius 2 is 1.71 bits per heavy atom. The maximum absolute atomic E-state index is 11.6. The Hall–Kier alpha value is -1.03. The van der Waals surface area contributed by atoms with E-state index >= 15 is 0 Å². The maximum atomic E-state index is 11.6. The smallest absolute Gasteiger partial charge is 0.306 e. The van der Waals surface area contributed by atoms with Crippen molar-refractivity contribution >= 4 is 5.97 Å². The fourth-order valence-corrected chi connectivity index (χ4v) is 5.73. The SMILES string of the molecule is CO[C@@H]([C@H](C)/C=C\[C@H](O)[C@H](C)[C@@H](O)[C@]1(C)CC[C@H]([C@]2(C)CCC(=O)O2)O1)[C@@H](C)C1(C)OCCO1. The molecule has 3 saturated heterocycles. The van der Waals surface area contributed by atoms with E-state index in [0.29, 0.717) is 38.9 Å². The van der Waals surface area contributed by atoms with Gasteiger partial charge in [-0.3, -0.25) is 4.79 Å². The summed E-state index contributed by atoms with van der Waals surface area (Å²) < 4.78 is 29.2. The van der Waals surface area contributed by atoms with Crippen LogP contribution in [0.15, 0.2) is 12.2 Å². The van der Waals surface area contributed by atoms with E-state index in [4.69, 9.17) is 23.7 Å². The highest BCUT2D eigenvalue weighted by Crippen LogP contribution is 2.44. The van der Waals surface area contributed by atoms with E-state index in [1.54, 1.807) is 13.2 Å². The van der Waals surface area contributed by atoms with E-state index in [1.807, 2.05) is 47.6 Å². The van der Waals surface area contributed by atoms with Crippen molar-refractivity contribution in [3.8, 4) is 0 Å². The van der Waals surface area contributed by atoms with Gasteiger partial charge in [-0.2, -0.15) is 0 Å². The van der Waals surface area contributed by atoms with Gasteiger partial charge in [-0.15, -0.1) is 0 Å². The summed E-state index contributed by atoms with van der Waals surface area (Å²) in [6, 6.07) is 0. The maximum Gasteiger partial charge on any atom is 0.306 e. The number of cyclic esters (lactones) is 1. The molecule has 3 fully saturated rings. The molecule has 0 unspecified atom stereocenters. The van der Waals surface area contributed by atoms with Crippen LogP contribution < -0.4 is 0 Å². The van der Waals surface area contributed by atoms with Crippen molar-refractivity contribution in [2.75, 3.05) is 20.3 Å². The van der Waals surface area contributed by atoms with Crippen molar-refractivity contribution in [3.63, 3.8) is 0 Å². The zero-order valence-electron chi connectivity index (χ0n) is 21.8. The number of aliphatic hydroxyl groups is 2. The molecule has 0 spiro atoms. The van der Waals surface area contributed by atoms with Crippen LogP contribution in [-0.2, 0) is 28.5 Å². The second-order valence-electron chi connectivity index (χ2n) is 11.0. The lowest BCUT2D eigenvalue weighted by Crippen LogP contribution is -2.49. The minimum Gasteiger partial charge on any atom is -0.457 e. The minimum atomic E-state index is -0.885. The number of carbonyl (C=O) groups is 1. The number of ether oxygens (including phenoxy) is 5. The summed E-state index contributed by atoms with van der Waals surface area (Å²) in [6.45, 7) is 12.7. The van der Waals surface area contributed by atoms with E-state index in [1.165, 1.54) is 0 Å². The van der Waals surface area contributed by atoms with E-state index in [0.717, 1.165) is 0 Å². The average molecular weight is 485 g/mol. The number of hydrogen-bond donors (Lipinski definition) is 2. The van der Waals surface area contributed by atoms with E-state index in [9.17, 15) is 15.0 Å². The summed E-state index contributed by atoms with van der Waals surface area (Å²) in [5, 5.41) is 22.0. The Kier molecular flexibility index (Phi) is 8.53. The molecule has 0 bridgehead atoms. The van der Waals surface area contributed by atoms with Crippen molar-refractivity contribution in [1.82, 2.24) is 0 Å². The van der Waals surface area contributed by atoms with Gasteiger partial charge in [-0.05, 0) is 40.0 Å². The Balaban J connectivity index is 1.59. The molecule has 0 radical (unpaired) electrons. The normalized spacial score (nSPS) is 36.9. The fraction of sp³-hybridized carbons (Fsp3) is 0.885. The summed E-state index contributed by atoms with van der Waals surface area (Å²) >= 11 is 0. The molecular weight excluding hydrogens is 440 g/mol. The van der Waals surface area contributed by atoms with Gasteiger partial charge in [0.25, 0.3) is 0 Å². The molecule has 2 N–H and O–H groups in total. The van der Waals surface area contributed by atoms with Crippen molar-refractivity contribution in [2.45, 2.75) is 109 Å².